The highest BCUT2D eigenvalue weighted by Gasteiger charge is 2.29. The maximum atomic E-state index is 12.1. The van der Waals surface area contributed by atoms with E-state index in [-0.39, 0.29) is 24.0 Å². The number of imide groups is 1. The van der Waals surface area contributed by atoms with Crippen molar-refractivity contribution >= 4 is 17.5 Å². The number of carbonyl (C=O) groups is 2. The van der Waals surface area contributed by atoms with Crippen molar-refractivity contribution in [3.05, 3.63) is 29.8 Å². The van der Waals surface area contributed by atoms with Crippen LogP contribution in [0.3, 0.4) is 0 Å². The van der Waals surface area contributed by atoms with Gasteiger partial charge in [-0.1, -0.05) is 12.1 Å². The monoisotopic (exact) mass is 346 g/mol. The minimum atomic E-state index is -0.235. The van der Waals surface area contributed by atoms with Gasteiger partial charge in [-0.15, -0.1) is 0 Å². The molecule has 0 aromatic heterocycles. The maximum absolute atomic E-state index is 12.1. The van der Waals surface area contributed by atoms with E-state index in [9.17, 15) is 9.59 Å². The second-order valence-electron chi connectivity index (χ2n) is 6.76. The van der Waals surface area contributed by atoms with Crippen LogP contribution in [0, 0.1) is 5.92 Å². The Morgan fingerprint density at radius 2 is 1.84 bits per heavy atom. The number of nitrogens with one attached hydrogen (secondary N) is 1. The molecular formula is C19H26N2O4. The van der Waals surface area contributed by atoms with E-state index in [1.54, 1.807) is 14.2 Å². The molecule has 1 N–H and O–H groups in total. The molecule has 2 aliphatic rings. The zero-order valence-corrected chi connectivity index (χ0v) is 14.9. The number of rotatable bonds is 5. The van der Waals surface area contributed by atoms with Crippen LogP contribution in [0.15, 0.2) is 24.3 Å². The van der Waals surface area contributed by atoms with Crippen molar-refractivity contribution in [2.24, 2.45) is 5.92 Å². The predicted octanol–water partition coefficient (Wildman–Crippen LogP) is 2.04. The zero-order valence-electron chi connectivity index (χ0n) is 14.9. The summed E-state index contributed by atoms with van der Waals surface area (Å²) in [7, 11) is 3.37. The first-order valence-corrected chi connectivity index (χ1v) is 8.86. The van der Waals surface area contributed by atoms with Crippen LogP contribution in [0.4, 0.5) is 5.69 Å². The summed E-state index contributed by atoms with van der Waals surface area (Å²) in [4.78, 5) is 25.8. The Kier molecular flexibility index (Phi) is 5.71. The third-order valence-electron chi connectivity index (χ3n) is 5.27. The van der Waals surface area contributed by atoms with E-state index in [2.05, 4.69) is 22.3 Å². The third kappa shape index (κ3) is 4.02. The van der Waals surface area contributed by atoms with Crippen molar-refractivity contribution in [1.82, 2.24) is 5.32 Å². The SMILES string of the molecule is COC(OC)C1CCN(c2cccc(C3CCC(=O)NC3=O)c2)CC1. The molecule has 2 aliphatic heterocycles. The fourth-order valence-electron chi connectivity index (χ4n) is 3.86. The van der Waals surface area contributed by atoms with Gasteiger partial charge in [0.25, 0.3) is 0 Å². The molecule has 6 heteroatoms. The summed E-state index contributed by atoms with van der Waals surface area (Å²) in [6, 6.07) is 8.14. The van der Waals surface area contributed by atoms with Crippen LogP contribution in [0.5, 0.6) is 0 Å². The Morgan fingerprint density at radius 3 is 2.48 bits per heavy atom. The minimum absolute atomic E-state index is 0.142. The van der Waals surface area contributed by atoms with Crippen LogP contribution in [0.1, 0.15) is 37.2 Å². The second-order valence-corrected chi connectivity index (χ2v) is 6.76. The summed E-state index contributed by atoms with van der Waals surface area (Å²) in [5.41, 5.74) is 2.11. The van der Waals surface area contributed by atoms with Crippen LogP contribution in [0.2, 0.25) is 0 Å². The van der Waals surface area contributed by atoms with Gasteiger partial charge < -0.3 is 14.4 Å². The first-order valence-electron chi connectivity index (χ1n) is 8.86. The molecule has 6 nitrogen and oxygen atoms in total. The molecule has 2 amide bonds. The number of hydrogen-bond donors (Lipinski definition) is 1. The smallest absolute Gasteiger partial charge is 0.234 e. The Bertz CT molecular complexity index is 622. The van der Waals surface area contributed by atoms with Crippen LogP contribution in [-0.4, -0.2) is 45.4 Å². The normalized spacial score (nSPS) is 22.4. The number of carbonyl (C=O) groups excluding carboxylic acids is 2. The molecule has 1 aromatic carbocycles. The summed E-state index contributed by atoms with van der Waals surface area (Å²) in [5.74, 6) is -0.188. The van der Waals surface area contributed by atoms with E-state index >= 15 is 0 Å². The minimum Gasteiger partial charge on any atom is -0.372 e. The molecule has 3 rings (SSSR count). The zero-order chi connectivity index (χ0) is 17.8. The maximum Gasteiger partial charge on any atom is 0.234 e. The van der Waals surface area contributed by atoms with Crippen LogP contribution < -0.4 is 10.2 Å². The molecule has 1 aromatic rings. The van der Waals surface area contributed by atoms with E-state index in [1.807, 2.05) is 12.1 Å². The van der Waals surface area contributed by atoms with Gasteiger partial charge >= 0.3 is 0 Å². The van der Waals surface area contributed by atoms with Crippen molar-refractivity contribution in [2.45, 2.75) is 37.9 Å². The molecule has 0 aliphatic carbocycles. The van der Waals surface area contributed by atoms with E-state index in [4.69, 9.17) is 9.47 Å². The van der Waals surface area contributed by atoms with Gasteiger partial charge in [0, 0.05) is 45.3 Å². The number of benzene rings is 1. The summed E-state index contributed by atoms with van der Waals surface area (Å²) >= 11 is 0. The molecule has 0 spiro atoms. The molecule has 0 radical (unpaired) electrons. The molecule has 2 saturated heterocycles. The first kappa shape index (κ1) is 17.9. The molecule has 0 bridgehead atoms. The number of nitrogens with zero attached hydrogens (tertiary/aromatic N) is 1. The lowest BCUT2D eigenvalue weighted by molar-refractivity contribution is -0.141. The summed E-state index contributed by atoms with van der Waals surface area (Å²) < 4.78 is 10.8. The van der Waals surface area contributed by atoms with Crippen LogP contribution in [0.25, 0.3) is 0 Å². The fourth-order valence-corrected chi connectivity index (χ4v) is 3.86. The van der Waals surface area contributed by atoms with Gasteiger partial charge in [-0.05, 0) is 37.0 Å². The van der Waals surface area contributed by atoms with Gasteiger partial charge in [0.15, 0.2) is 6.29 Å². The Balaban J connectivity index is 1.66. The van der Waals surface area contributed by atoms with Crippen LogP contribution in [-0.2, 0) is 19.1 Å². The highest BCUT2D eigenvalue weighted by atomic mass is 16.7. The number of ether oxygens (including phenoxy) is 2. The van der Waals surface area contributed by atoms with E-state index in [1.165, 1.54) is 0 Å². The largest absolute Gasteiger partial charge is 0.372 e. The standard InChI is InChI=1S/C19H26N2O4/c1-24-19(25-2)13-8-10-21(11-9-13)15-5-3-4-14(12-15)16-6-7-17(22)20-18(16)23/h3-5,12-13,16,19H,6-11H2,1-2H3,(H,20,22,23). The Labute approximate surface area is 148 Å². The summed E-state index contributed by atoms with van der Waals surface area (Å²) in [6.45, 7) is 1.87. The number of methoxy groups -OCH3 is 2. The van der Waals surface area contributed by atoms with Gasteiger partial charge in [0.2, 0.25) is 11.8 Å². The van der Waals surface area contributed by atoms with Gasteiger partial charge in [0.1, 0.15) is 0 Å². The molecule has 1 unspecified atom stereocenters. The van der Waals surface area contributed by atoms with Crippen LogP contribution >= 0.6 is 0 Å². The molecule has 1 atom stereocenters. The van der Waals surface area contributed by atoms with Gasteiger partial charge in [-0.2, -0.15) is 0 Å². The average Bonchev–Trinajstić information content (AvgIpc) is 2.63. The topological polar surface area (TPSA) is 67.9 Å². The Morgan fingerprint density at radius 1 is 1.12 bits per heavy atom. The molecule has 136 valence electrons. The highest BCUT2D eigenvalue weighted by molar-refractivity contribution is 6.01. The first-order chi connectivity index (χ1) is 12.1. The van der Waals surface area contributed by atoms with Gasteiger partial charge in [-0.25, -0.2) is 0 Å². The highest BCUT2D eigenvalue weighted by Crippen LogP contribution is 2.31. The van der Waals surface area contributed by atoms with E-state index in [0.29, 0.717) is 18.8 Å². The molecule has 2 fully saturated rings. The number of amides is 2. The number of anilines is 1. The average molecular weight is 346 g/mol. The lowest BCUT2D eigenvalue weighted by Gasteiger charge is -2.36. The summed E-state index contributed by atoms with van der Waals surface area (Å²) in [5, 5.41) is 2.44. The summed E-state index contributed by atoms with van der Waals surface area (Å²) in [6.07, 6.45) is 2.86. The predicted molar refractivity (Wildman–Crippen MR) is 94.3 cm³/mol. The van der Waals surface area contributed by atoms with Gasteiger partial charge in [-0.3, -0.25) is 14.9 Å². The molecule has 2 heterocycles. The lowest BCUT2D eigenvalue weighted by atomic mass is 9.90. The quantitative estimate of drug-likeness (QED) is 0.653. The van der Waals surface area contributed by atoms with Crippen molar-refractivity contribution in [3.8, 4) is 0 Å². The molecule has 25 heavy (non-hydrogen) atoms. The third-order valence-corrected chi connectivity index (χ3v) is 5.27. The molecular weight excluding hydrogens is 320 g/mol. The van der Waals surface area contributed by atoms with Crippen molar-refractivity contribution in [2.75, 3.05) is 32.2 Å². The van der Waals surface area contributed by atoms with E-state index in [0.717, 1.165) is 37.2 Å². The Hall–Kier alpha value is -1.92. The number of piperidine rings is 2. The lowest BCUT2D eigenvalue weighted by Crippen LogP contribution is -2.40. The van der Waals surface area contributed by atoms with E-state index < -0.39 is 0 Å². The van der Waals surface area contributed by atoms with Crippen molar-refractivity contribution in [1.29, 1.82) is 0 Å². The number of hydrogen-bond acceptors (Lipinski definition) is 5. The van der Waals surface area contributed by atoms with Crippen molar-refractivity contribution < 1.29 is 19.1 Å². The second kappa shape index (κ2) is 7.97. The van der Waals surface area contributed by atoms with Gasteiger partial charge in [0.05, 0.1) is 5.92 Å². The fraction of sp³-hybridized carbons (Fsp3) is 0.579. The molecule has 0 saturated carbocycles. The van der Waals surface area contributed by atoms with Crippen molar-refractivity contribution in [3.63, 3.8) is 0 Å².